The number of nitrogens with one attached hydrogen (secondary N) is 5. The van der Waals surface area contributed by atoms with Crippen LogP contribution in [-0.4, -0.2) is 60.7 Å². The highest BCUT2D eigenvalue weighted by atomic mass is 16.5. The molecule has 1 unspecified atom stereocenters. The average Bonchev–Trinajstić information content (AvgIpc) is 4.00. The van der Waals surface area contributed by atoms with Gasteiger partial charge in [0.1, 0.15) is 17.2 Å². The van der Waals surface area contributed by atoms with Crippen molar-refractivity contribution in [2.45, 2.75) is 71.7 Å². The zero-order chi connectivity index (χ0) is 42.1. The molecule has 6 aromatic rings. The van der Waals surface area contributed by atoms with Crippen molar-refractivity contribution in [3.05, 3.63) is 119 Å². The van der Waals surface area contributed by atoms with Gasteiger partial charge in [-0.3, -0.25) is 14.9 Å². The predicted octanol–water partition coefficient (Wildman–Crippen LogP) is 6.79. The predicted molar refractivity (Wildman–Crippen MR) is 214 cm³/mol. The molecule has 0 spiro atoms. The molecule has 3 aromatic heterocycles. The quantitative estimate of drug-likeness (QED) is 0.0552. The lowest BCUT2D eigenvalue weighted by Gasteiger charge is -2.24. The fourth-order valence-electron chi connectivity index (χ4n) is 6.31. The van der Waals surface area contributed by atoms with Crippen LogP contribution in [0, 0.1) is 6.92 Å². The van der Waals surface area contributed by atoms with Crippen molar-refractivity contribution in [2.75, 3.05) is 21.3 Å². The lowest BCUT2D eigenvalue weighted by molar-refractivity contribution is 0.0245. The Kier molecular flexibility index (Phi) is 10.7. The van der Waals surface area contributed by atoms with E-state index < -0.39 is 35.6 Å². The molecule has 59 heavy (non-hydrogen) atoms. The van der Waals surface area contributed by atoms with E-state index in [-0.39, 0.29) is 35.3 Å². The number of imide groups is 1. The van der Waals surface area contributed by atoms with Crippen LogP contribution in [0.5, 0.6) is 0 Å². The van der Waals surface area contributed by atoms with E-state index in [0.29, 0.717) is 51.6 Å². The molecule has 0 fully saturated rings. The van der Waals surface area contributed by atoms with Crippen molar-refractivity contribution in [3.8, 4) is 11.5 Å². The Bertz CT molecular complexity index is 2520. The van der Waals surface area contributed by atoms with Crippen molar-refractivity contribution >= 4 is 46.8 Å². The summed E-state index contributed by atoms with van der Waals surface area (Å²) in [5.41, 5.74) is 2.50. The Morgan fingerprint density at radius 1 is 0.763 bits per heavy atom. The third-order valence-electron chi connectivity index (χ3n) is 9.41. The summed E-state index contributed by atoms with van der Waals surface area (Å²) in [4.78, 5) is 57.4. The number of carbonyl (C=O) groups is 4. The van der Waals surface area contributed by atoms with Gasteiger partial charge < -0.3 is 39.9 Å². The second-order valence-corrected chi connectivity index (χ2v) is 15.6. The molecular weight excluding hydrogens is 761 g/mol. The number of nitrogens with zero attached hydrogens (tertiary/aromatic N) is 5. The Morgan fingerprint density at radius 3 is 2.08 bits per heavy atom. The molecule has 1 aliphatic heterocycles. The highest BCUT2D eigenvalue weighted by Crippen LogP contribution is 2.34. The number of amides is 6. The number of hydrogen-bond donors (Lipinski definition) is 6. The zero-order valence-corrected chi connectivity index (χ0v) is 33.0. The third-order valence-corrected chi connectivity index (χ3v) is 9.41. The molecule has 1 aliphatic rings. The number of aliphatic hydroxyl groups is 1. The first-order chi connectivity index (χ1) is 28.0. The number of hydrogen-bond acceptors (Lipinski definition) is 13. The molecule has 7 rings (SSSR count). The van der Waals surface area contributed by atoms with Crippen LogP contribution in [0.3, 0.4) is 0 Å². The first-order valence-electron chi connectivity index (χ1n) is 18.6. The van der Waals surface area contributed by atoms with E-state index in [1.54, 1.807) is 85.8 Å². The molecule has 6 amide bonds. The summed E-state index contributed by atoms with van der Waals surface area (Å²) < 4.78 is 16.2. The van der Waals surface area contributed by atoms with E-state index in [2.05, 4.69) is 47.0 Å². The summed E-state index contributed by atoms with van der Waals surface area (Å²) in [5, 5.41) is 36.5. The molecule has 0 saturated heterocycles. The summed E-state index contributed by atoms with van der Waals surface area (Å²) in [6.07, 6.45) is -1.42. The summed E-state index contributed by atoms with van der Waals surface area (Å²) in [6, 6.07) is 20.6. The van der Waals surface area contributed by atoms with Crippen LogP contribution in [0.1, 0.15) is 83.9 Å². The van der Waals surface area contributed by atoms with Gasteiger partial charge in [0, 0.05) is 45.6 Å². The van der Waals surface area contributed by atoms with Crippen molar-refractivity contribution in [1.82, 2.24) is 30.7 Å². The van der Waals surface area contributed by atoms with Gasteiger partial charge in [-0.05, 0) is 73.5 Å². The standard InChI is InChI=1S/C41H42N10O8/c1-22-43-34(59-48-22)23-10-12-25(13-11-23)44-37(54)42-21-28-18-31(58-49-28)41(5,6)20-24-8-7-9-29-33(24)36(53)51(35(29)52)39(56)46-27-16-14-26(15-17-27)45-38(55)47-32-19-30(57-50-32)40(2,3)4/h7-19,39,46,56H,20-21H2,1-6H3,(H2,42,44,54)(H2,45,47,50,55). The van der Waals surface area contributed by atoms with Gasteiger partial charge in [-0.15, -0.1) is 0 Å². The minimum absolute atomic E-state index is 0.0786. The van der Waals surface area contributed by atoms with Crippen LogP contribution in [-0.2, 0) is 23.8 Å². The third kappa shape index (κ3) is 8.97. The van der Waals surface area contributed by atoms with Crippen LogP contribution < -0.4 is 26.6 Å². The van der Waals surface area contributed by atoms with E-state index in [9.17, 15) is 24.3 Å². The van der Waals surface area contributed by atoms with E-state index >= 15 is 0 Å². The molecule has 0 aliphatic carbocycles. The molecular formula is C41H42N10O8. The molecule has 18 heteroatoms. The Labute approximate surface area is 337 Å². The zero-order valence-electron chi connectivity index (χ0n) is 33.0. The van der Waals surface area contributed by atoms with Crippen molar-refractivity contribution < 1.29 is 37.9 Å². The maximum Gasteiger partial charge on any atom is 0.324 e. The van der Waals surface area contributed by atoms with Gasteiger partial charge in [-0.25, -0.2) is 14.5 Å². The summed E-state index contributed by atoms with van der Waals surface area (Å²) in [7, 11) is 0. The molecule has 0 saturated carbocycles. The normalized spacial score (nSPS) is 13.2. The smallest absolute Gasteiger partial charge is 0.324 e. The van der Waals surface area contributed by atoms with Crippen LogP contribution in [0.25, 0.3) is 11.5 Å². The van der Waals surface area contributed by atoms with Crippen LogP contribution in [0.2, 0.25) is 0 Å². The number of carbonyl (C=O) groups excluding carboxylic acids is 4. The van der Waals surface area contributed by atoms with Gasteiger partial charge in [0.05, 0.1) is 17.7 Å². The van der Waals surface area contributed by atoms with E-state index in [1.165, 1.54) is 0 Å². The molecule has 304 valence electrons. The number of anilines is 4. The van der Waals surface area contributed by atoms with Gasteiger partial charge in [0.15, 0.2) is 11.6 Å². The average molecular weight is 803 g/mol. The fraction of sp³-hybridized carbons (Fsp3) is 0.268. The number of aryl methyl sites for hydroxylation is 1. The van der Waals surface area contributed by atoms with Gasteiger partial charge in [0.2, 0.25) is 6.35 Å². The second-order valence-electron chi connectivity index (χ2n) is 15.6. The van der Waals surface area contributed by atoms with Gasteiger partial charge >= 0.3 is 12.1 Å². The van der Waals surface area contributed by atoms with Crippen molar-refractivity contribution in [1.29, 1.82) is 0 Å². The largest absolute Gasteiger partial charge is 0.360 e. The lowest BCUT2D eigenvalue weighted by Crippen LogP contribution is -2.44. The summed E-state index contributed by atoms with van der Waals surface area (Å²) in [5.74, 6) is 0.955. The summed E-state index contributed by atoms with van der Waals surface area (Å²) >= 11 is 0. The lowest BCUT2D eigenvalue weighted by atomic mass is 9.81. The number of benzene rings is 3. The highest BCUT2D eigenvalue weighted by Gasteiger charge is 2.42. The minimum Gasteiger partial charge on any atom is -0.360 e. The van der Waals surface area contributed by atoms with E-state index in [0.717, 1.165) is 10.5 Å². The SMILES string of the molecule is Cc1noc(-c2ccc(NC(=O)NCc3cc(C(C)(C)Cc4cccc5c4C(=O)N(C(O)Nc4ccc(NC(=O)Nc6cc(C(C)(C)C)on6)cc4)C5=O)on3)cc2)n1. The number of fused-ring (bicyclic) bond motifs is 1. The molecule has 0 radical (unpaired) electrons. The van der Waals surface area contributed by atoms with Gasteiger partial charge in [-0.2, -0.15) is 4.98 Å². The number of urea groups is 2. The first kappa shape index (κ1) is 39.9. The van der Waals surface area contributed by atoms with Crippen molar-refractivity contribution in [3.63, 3.8) is 0 Å². The van der Waals surface area contributed by atoms with Crippen molar-refractivity contribution in [2.24, 2.45) is 0 Å². The molecule has 1 atom stereocenters. The topological polar surface area (TPSA) is 243 Å². The molecule has 0 bridgehead atoms. The van der Waals surface area contributed by atoms with Crippen LogP contribution in [0.15, 0.2) is 92.4 Å². The fourth-order valence-corrected chi connectivity index (χ4v) is 6.31. The van der Waals surface area contributed by atoms with Gasteiger partial charge in [-0.1, -0.05) is 62.2 Å². The highest BCUT2D eigenvalue weighted by molar-refractivity contribution is 6.22. The molecule has 3 aromatic carbocycles. The first-order valence-corrected chi connectivity index (χ1v) is 18.6. The van der Waals surface area contributed by atoms with E-state index in [1.807, 2.05) is 34.6 Å². The van der Waals surface area contributed by atoms with E-state index in [4.69, 9.17) is 13.6 Å². The van der Waals surface area contributed by atoms with Gasteiger partial charge in [0.25, 0.3) is 17.7 Å². The molecule has 4 heterocycles. The summed E-state index contributed by atoms with van der Waals surface area (Å²) in [6.45, 7) is 11.5. The Morgan fingerprint density at radius 2 is 1.42 bits per heavy atom. The second kappa shape index (κ2) is 15.9. The number of aromatic nitrogens is 4. The molecule has 18 nitrogen and oxygen atoms in total. The number of rotatable bonds is 12. The Balaban J connectivity index is 0.929. The minimum atomic E-state index is -1.70. The van der Waals surface area contributed by atoms with Crippen LogP contribution in [0.4, 0.5) is 32.5 Å². The monoisotopic (exact) mass is 802 g/mol. The Hall–Kier alpha value is -7.34. The maximum atomic E-state index is 13.8. The number of aliphatic hydroxyl groups excluding tert-OH is 1. The van der Waals surface area contributed by atoms with Crippen LogP contribution >= 0.6 is 0 Å². The maximum absolute atomic E-state index is 13.8. The molecule has 6 N–H and O–H groups in total.